The number of amides is 1. The van der Waals surface area contributed by atoms with Crippen molar-refractivity contribution in [2.24, 2.45) is 0 Å². The summed E-state index contributed by atoms with van der Waals surface area (Å²) in [6.07, 6.45) is 1.47. The molecular formula is C16H19ClN4O3. The highest BCUT2D eigenvalue weighted by atomic mass is 35.5. The maximum atomic E-state index is 12.3. The van der Waals surface area contributed by atoms with Crippen molar-refractivity contribution in [3.05, 3.63) is 45.1 Å². The van der Waals surface area contributed by atoms with Gasteiger partial charge in [0, 0.05) is 30.4 Å². The summed E-state index contributed by atoms with van der Waals surface area (Å²) in [4.78, 5) is 24.4. The number of nitrogens with one attached hydrogen (secondary N) is 1. The molecule has 0 saturated carbocycles. The second-order valence-electron chi connectivity index (χ2n) is 5.99. The number of non-ortho nitro benzene ring substituents is 1. The molecule has 0 aliphatic heterocycles. The van der Waals surface area contributed by atoms with Gasteiger partial charge in [-0.1, -0.05) is 11.6 Å². The van der Waals surface area contributed by atoms with Gasteiger partial charge in [-0.25, -0.2) is 0 Å². The van der Waals surface area contributed by atoms with Crippen molar-refractivity contribution >= 4 is 28.9 Å². The fourth-order valence-electron chi connectivity index (χ4n) is 1.97. The van der Waals surface area contributed by atoms with Crippen LogP contribution in [0, 0.1) is 21.4 Å². The highest BCUT2D eigenvalue weighted by molar-refractivity contribution is 6.34. The molecule has 0 aliphatic rings. The Kier molecular flexibility index (Phi) is 6.32. The summed E-state index contributed by atoms with van der Waals surface area (Å²) in [5.74, 6) is -0.678. The zero-order chi connectivity index (χ0) is 18.5. The molecule has 1 aromatic rings. The summed E-state index contributed by atoms with van der Waals surface area (Å²) in [6.45, 7) is 8.39. The van der Waals surface area contributed by atoms with Gasteiger partial charge in [-0.2, -0.15) is 5.26 Å². The van der Waals surface area contributed by atoms with Gasteiger partial charge >= 0.3 is 0 Å². The first-order valence-corrected chi connectivity index (χ1v) is 7.62. The molecule has 24 heavy (non-hydrogen) atoms. The fraction of sp³-hybridized carbons (Fsp3) is 0.375. The van der Waals surface area contributed by atoms with E-state index in [1.165, 1.54) is 18.3 Å². The van der Waals surface area contributed by atoms with Crippen LogP contribution in [0.4, 0.5) is 11.4 Å². The molecule has 1 rings (SSSR count). The third-order valence-corrected chi connectivity index (χ3v) is 3.59. The monoisotopic (exact) mass is 350 g/mol. The number of nitro groups is 1. The van der Waals surface area contributed by atoms with Crippen molar-refractivity contribution in [2.75, 3.05) is 11.9 Å². The van der Waals surface area contributed by atoms with E-state index in [9.17, 15) is 20.2 Å². The normalized spacial score (nSPS) is 11.6. The van der Waals surface area contributed by atoms with E-state index >= 15 is 0 Å². The van der Waals surface area contributed by atoms with Crippen LogP contribution in [-0.4, -0.2) is 27.8 Å². The van der Waals surface area contributed by atoms with Crippen molar-refractivity contribution in [2.45, 2.75) is 33.2 Å². The first-order valence-electron chi connectivity index (χ1n) is 7.24. The maximum Gasteiger partial charge on any atom is 0.271 e. The Morgan fingerprint density at radius 2 is 2.12 bits per heavy atom. The molecule has 128 valence electrons. The molecule has 0 radical (unpaired) electrons. The number of anilines is 1. The van der Waals surface area contributed by atoms with Gasteiger partial charge in [0.2, 0.25) is 0 Å². The number of rotatable bonds is 5. The first kappa shape index (κ1) is 19.5. The van der Waals surface area contributed by atoms with E-state index in [1.54, 1.807) is 0 Å². The van der Waals surface area contributed by atoms with Gasteiger partial charge in [-0.05, 0) is 33.8 Å². The van der Waals surface area contributed by atoms with E-state index in [1.807, 2.05) is 38.7 Å². The standard InChI is InChI=1S/C16H19ClN4O3/c1-5-20(16(2,3)4)10-11(9-18)15(22)19-14-8-12(21(23)24)6-7-13(14)17/h6-8,10H,5H2,1-4H3,(H,19,22)/b11-10-. The lowest BCUT2D eigenvalue weighted by Gasteiger charge is -2.33. The lowest BCUT2D eigenvalue weighted by Crippen LogP contribution is -2.37. The number of hydrogen-bond donors (Lipinski definition) is 1. The van der Waals surface area contributed by atoms with Crippen LogP contribution in [0.3, 0.4) is 0 Å². The van der Waals surface area contributed by atoms with Crippen molar-refractivity contribution in [1.82, 2.24) is 4.90 Å². The molecule has 1 aromatic carbocycles. The van der Waals surface area contributed by atoms with Gasteiger partial charge in [0.15, 0.2) is 0 Å². The van der Waals surface area contributed by atoms with Crippen molar-refractivity contribution < 1.29 is 9.72 Å². The average molecular weight is 351 g/mol. The number of nitro benzene ring substituents is 1. The summed E-state index contributed by atoms with van der Waals surface area (Å²) >= 11 is 5.95. The van der Waals surface area contributed by atoms with E-state index < -0.39 is 10.8 Å². The molecular weight excluding hydrogens is 332 g/mol. The smallest absolute Gasteiger partial charge is 0.271 e. The maximum absolute atomic E-state index is 12.3. The van der Waals surface area contributed by atoms with Crippen LogP contribution in [0.25, 0.3) is 0 Å². The van der Waals surface area contributed by atoms with Crippen LogP contribution >= 0.6 is 11.6 Å². The molecule has 0 saturated heterocycles. The molecule has 0 heterocycles. The minimum Gasteiger partial charge on any atom is -0.372 e. The second kappa shape index (κ2) is 7.79. The predicted octanol–water partition coefficient (Wildman–Crippen LogP) is 3.71. The largest absolute Gasteiger partial charge is 0.372 e. The van der Waals surface area contributed by atoms with Gasteiger partial charge in [0.25, 0.3) is 11.6 Å². The van der Waals surface area contributed by atoms with E-state index in [0.29, 0.717) is 6.54 Å². The second-order valence-corrected chi connectivity index (χ2v) is 6.39. The summed E-state index contributed by atoms with van der Waals surface area (Å²) in [5, 5.41) is 22.7. The molecule has 7 nitrogen and oxygen atoms in total. The van der Waals surface area contributed by atoms with E-state index in [0.717, 1.165) is 6.07 Å². The van der Waals surface area contributed by atoms with Gasteiger partial charge in [-0.3, -0.25) is 14.9 Å². The van der Waals surface area contributed by atoms with E-state index in [-0.39, 0.29) is 27.5 Å². The van der Waals surface area contributed by atoms with Crippen LogP contribution in [-0.2, 0) is 4.79 Å². The highest BCUT2D eigenvalue weighted by Crippen LogP contribution is 2.27. The Bertz CT molecular complexity index is 717. The molecule has 0 aromatic heterocycles. The molecule has 0 bridgehead atoms. The lowest BCUT2D eigenvalue weighted by molar-refractivity contribution is -0.384. The quantitative estimate of drug-likeness (QED) is 0.377. The van der Waals surface area contributed by atoms with Crippen molar-refractivity contribution in [3.63, 3.8) is 0 Å². The highest BCUT2D eigenvalue weighted by Gasteiger charge is 2.20. The topological polar surface area (TPSA) is 99.3 Å². The number of hydrogen-bond acceptors (Lipinski definition) is 5. The van der Waals surface area contributed by atoms with Gasteiger partial charge in [0.1, 0.15) is 11.6 Å². The van der Waals surface area contributed by atoms with Crippen LogP contribution in [0.2, 0.25) is 5.02 Å². The SMILES string of the molecule is CCN(/C=C(/C#N)C(=O)Nc1cc([N+](=O)[O-])ccc1Cl)C(C)(C)C. The fourth-order valence-corrected chi connectivity index (χ4v) is 2.13. The average Bonchev–Trinajstić information content (AvgIpc) is 2.48. The Labute approximate surface area is 145 Å². The molecule has 0 fully saturated rings. The van der Waals surface area contributed by atoms with Crippen molar-refractivity contribution in [1.29, 1.82) is 5.26 Å². The summed E-state index contributed by atoms with van der Waals surface area (Å²) in [7, 11) is 0. The minimum absolute atomic E-state index is 0.0795. The predicted molar refractivity (Wildman–Crippen MR) is 92.6 cm³/mol. The molecule has 1 N–H and O–H groups in total. The summed E-state index contributed by atoms with van der Waals surface area (Å²) in [5.41, 5.74) is -0.507. The Morgan fingerprint density at radius 3 is 2.58 bits per heavy atom. The van der Waals surface area contributed by atoms with Crippen LogP contribution < -0.4 is 5.32 Å². The Balaban J connectivity index is 3.11. The molecule has 0 spiro atoms. The molecule has 1 amide bonds. The Morgan fingerprint density at radius 1 is 1.50 bits per heavy atom. The molecule has 0 atom stereocenters. The number of nitrogens with zero attached hydrogens (tertiary/aromatic N) is 3. The van der Waals surface area contributed by atoms with Gasteiger partial charge in [-0.15, -0.1) is 0 Å². The molecule has 0 aliphatic carbocycles. The van der Waals surface area contributed by atoms with Gasteiger partial charge < -0.3 is 10.2 Å². The zero-order valence-electron chi connectivity index (χ0n) is 14.0. The number of carbonyl (C=O) groups excluding carboxylic acids is 1. The third-order valence-electron chi connectivity index (χ3n) is 3.26. The zero-order valence-corrected chi connectivity index (χ0v) is 14.7. The van der Waals surface area contributed by atoms with Crippen LogP contribution in [0.15, 0.2) is 30.0 Å². The number of benzene rings is 1. The van der Waals surface area contributed by atoms with Crippen LogP contribution in [0.5, 0.6) is 0 Å². The lowest BCUT2D eigenvalue weighted by atomic mass is 10.1. The molecule has 0 unspecified atom stereocenters. The summed E-state index contributed by atoms with van der Waals surface area (Å²) < 4.78 is 0. The molecule has 8 heteroatoms. The van der Waals surface area contributed by atoms with Crippen LogP contribution in [0.1, 0.15) is 27.7 Å². The Hall–Kier alpha value is -2.59. The third kappa shape index (κ3) is 4.96. The number of carbonyl (C=O) groups is 1. The van der Waals surface area contributed by atoms with Crippen molar-refractivity contribution in [3.8, 4) is 6.07 Å². The summed E-state index contributed by atoms with van der Waals surface area (Å²) in [6, 6.07) is 5.55. The van der Waals surface area contributed by atoms with E-state index in [2.05, 4.69) is 5.32 Å². The number of halogens is 1. The van der Waals surface area contributed by atoms with E-state index in [4.69, 9.17) is 11.6 Å². The first-order chi connectivity index (χ1) is 11.1. The minimum atomic E-state index is -0.678. The van der Waals surface area contributed by atoms with Gasteiger partial charge in [0.05, 0.1) is 15.6 Å². The number of nitriles is 1.